The number of thiophene rings is 1. The van der Waals surface area contributed by atoms with Gasteiger partial charge in [0.1, 0.15) is 21.9 Å². The summed E-state index contributed by atoms with van der Waals surface area (Å²) in [5.74, 6) is 0.591. The van der Waals surface area contributed by atoms with E-state index in [0.717, 1.165) is 34.4 Å². The van der Waals surface area contributed by atoms with Crippen LogP contribution in [0, 0.1) is 6.92 Å². The van der Waals surface area contributed by atoms with Crippen LogP contribution in [0.3, 0.4) is 0 Å². The van der Waals surface area contributed by atoms with Crippen molar-refractivity contribution in [3.8, 4) is 0 Å². The zero-order chi connectivity index (χ0) is 18.3. The molecule has 2 aromatic heterocycles. The topological polar surface area (TPSA) is 55.3 Å². The number of anilines is 1. The molecule has 1 atom stereocenters. The fraction of sp³-hybridized carbons (Fsp3) is 0.350. The number of hydrogen-bond acceptors (Lipinski definition) is 6. The quantitative estimate of drug-likeness (QED) is 0.644. The van der Waals surface area contributed by atoms with Gasteiger partial charge in [-0.15, -0.1) is 11.3 Å². The molecule has 0 N–H and O–H groups in total. The number of aryl methyl sites for hydroxylation is 2. The van der Waals surface area contributed by atoms with E-state index in [1.54, 1.807) is 6.33 Å². The summed E-state index contributed by atoms with van der Waals surface area (Å²) in [6.07, 6.45) is 3.73. The van der Waals surface area contributed by atoms with Crippen LogP contribution in [0.5, 0.6) is 0 Å². The van der Waals surface area contributed by atoms with Gasteiger partial charge < -0.3 is 9.64 Å². The lowest BCUT2D eigenvalue weighted by molar-refractivity contribution is 0.0531. The fourth-order valence-electron chi connectivity index (χ4n) is 3.80. The summed E-state index contributed by atoms with van der Waals surface area (Å²) in [6, 6.07) is 8.88. The molecule has 0 unspecified atom stereocenters. The Hall–Kier alpha value is -2.47. The SMILES string of the molecule is CCOC(=O)c1sc2ncnc(N(C)[C@H]3CCc4ccccc43)c2c1C. The molecule has 26 heavy (non-hydrogen) atoms. The molecule has 0 saturated heterocycles. The number of carbonyl (C=O) groups excluding carboxylic acids is 1. The van der Waals surface area contributed by atoms with Gasteiger partial charge in [0.25, 0.3) is 0 Å². The Kier molecular flexibility index (Phi) is 4.36. The number of aromatic nitrogens is 2. The molecule has 1 aliphatic carbocycles. The number of nitrogens with zero attached hydrogens (tertiary/aromatic N) is 3. The zero-order valence-electron chi connectivity index (χ0n) is 15.2. The second-order valence-electron chi connectivity index (χ2n) is 6.52. The van der Waals surface area contributed by atoms with Crippen molar-refractivity contribution in [1.29, 1.82) is 0 Å². The Morgan fingerprint density at radius 2 is 2.15 bits per heavy atom. The summed E-state index contributed by atoms with van der Waals surface area (Å²) in [4.78, 5) is 24.9. The van der Waals surface area contributed by atoms with Crippen molar-refractivity contribution in [2.75, 3.05) is 18.6 Å². The van der Waals surface area contributed by atoms with Crippen LogP contribution in [0.4, 0.5) is 5.82 Å². The third kappa shape index (κ3) is 2.65. The first-order chi connectivity index (χ1) is 12.6. The first-order valence-electron chi connectivity index (χ1n) is 8.83. The van der Waals surface area contributed by atoms with Crippen LogP contribution >= 0.6 is 11.3 Å². The molecule has 2 heterocycles. The molecule has 0 saturated carbocycles. The van der Waals surface area contributed by atoms with Gasteiger partial charge in [0.15, 0.2) is 0 Å². The number of fused-ring (bicyclic) bond motifs is 2. The van der Waals surface area contributed by atoms with Crippen LogP contribution < -0.4 is 4.90 Å². The monoisotopic (exact) mass is 367 g/mol. The maximum Gasteiger partial charge on any atom is 0.348 e. The molecular formula is C20H21N3O2S. The van der Waals surface area contributed by atoms with E-state index in [1.807, 2.05) is 13.8 Å². The standard InChI is InChI=1S/C20H21N3O2S/c1-4-25-20(24)17-12(2)16-18(21-11-22-19(16)26-17)23(3)15-10-9-13-7-5-6-8-14(13)15/h5-8,11,15H,4,9-10H2,1-3H3/t15-/m0/s1. The third-order valence-corrected chi connectivity index (χ3v) is 6.25. The molecule has 134 valence electrons. The number of benzene rings is 1. The van der Waals surface area contributed by atoms with Crippen molar-refractivity contribution in [3.63, 3.8) is 0 Å². The van der Waals surface area contributed by atoms with E-state index in [4.69, 9.17) is 4.74 Å². The van der Waals surface area contributed by atoms with E-state index in [2.05, 4.69) is 46.2 Å². The van der Waals surface area contributed by atoms with Crippen molar-refractivity contribution in [1.82, 2.24) is 9.97 Å². The van der Waals surface area contributed by atoms with E-state index in [0.29, 0.717) is 11.5 Å². The lowest BCUT2D eigenvalue weighted by Crippen LogP contribution is -2.23. The molecule has 1 aromatic carbocycles. The second kappa shape index (κ2) is 6.68. The first-order valence-corrected chi connectivity index (χ1v) is 9.65. The number of esters is 1. The van der Waals surface area contributed by atoms with Crippen LogP contribution in [-0.2, 0) is 11.2 Å². The number of hydrogen-bond donors (Lipinski definition) is 0. The summed E-state index contributed by atoms with van der Waals surface area (Å²) >= 11 is 1.38. The van der Waals surface area contributed by atoms with Crippen LogP contribution in [0.15, 0.2) is 30.6 Å². The van der Waals surface area contributed by atoms with Crippen LogP contribution in [0.25, 0.3) is 10.2 Å². The second-order valence-corrected chi connectivity index (χ2v) is 7.52. The molecule has 4 rings (SSSR count). The Bertz CT molecular complexity index is 982. The number of carbonyl (C=O) groups is 1. The number of rotatable bonds is 4. The van der Waals surface area contributed by atoms with Crippen LogP contribution in [-0.4, -0.2) is 29.6 Å². The van der Waals surface area contributed by atoms with Crippen molar-refractivity contribution in [3.05, 3.63) is 52.2 Å². The van der Waals surface area contributed by atoms with Crippen molar-refractivity contribution in [2.24, 2.45) is 0 Å². The van der Waals surface area contributed by atoms with Crippen molar-refractivity contribution in [2.45, 2.75) is 32.7 Å². The van der Waals surface area contributed by atoms with Crippen LogP contribution in [0.1, 0.15) is 45.7 Å². The molecular weight excluding hydrogens is 346 g/mol. The molecule has 1 aliphatic rings. The lowest BCUT2D eigenvalue weighted by atomic mass is 10.1. The Morgan fingerprint density at radius 3 is 2.96 bits per heavy atom. The summed E-state index contributed by atoms with van der Waals surface area (Å²) in [5, 5.41) is 0.951. The Morgan fingerprint density at radius 1 is 1.35 bits per heavy atom. The highest BCUT2D eigenvalue weighted by atomic mass is 32.1. The molecule has 0 aliphatic heterocycles. The minimum Gasteiger partial charge on any atom is -0.462 e. The summed E-state index contributed by atoms with van der Waals surface area (Å²) in [7, 11) is 2.08. The zero-order valence-corrected chi connectivity index (χ0v) is 16.0. The molecule has 6 heteroatoms. The van der Waals surface area contributed by atoms with E-state index >= 15 is 0 Å². The predicted octanol–water partition coefficient (Wildman–Crippen LogP) is 4.30. The van der Waals surface area contributed by atoms with E-state index in [1.165, 1.54) is 22.5 Å². The van der Waals surface area contributed by atoms with E-state index in [9.17, 15) is 4.79 Å². The molecule has 0 amide bonds. The smallest absolute Gasteiger partial charge is 0.348 e. The van der Waals surface area contributed by atoms with Gasteiger partial charge in [-0.3, -0.25) is 0 Å². The normalized spacial score (nSPS) is 15.9. The molecule has 5 nitrogen and oxygen atoms in total. The molecule has 0 fully saturated rings. The largest absolute Gasteiger partial charge is 0.462 e. The maximum atomic E-state index is 12.3. The highest BCUT2D eigenvalue weighted by Crippen LogP contribution is 2.41. The van der Waals surface area contributed by atoms with Crippen molar-refractivity contribution >= 4 is 33.3 Å². The molecule has 0 radical (unpaired) electrons. The minimum atomic E-state index is -0.284. The third-order valence-electron chi connectivity index (χ3n) is 5.07. The average Bonchev–Trinajstić information content (AvgIpc) is 3.23. The van der Waals surface area contributed by atoms with Gasteiger partial charge in [0.05, 0.1) is 18.0 Å². The van der Waals surface area contributed by atoms with Gasteiger partial charge in [-0.1, -0.05) is 24.3 Å². The lowest BCUT2D eigenvalue weighted by Gasteiger charge is -2.27. The Balaban J connectivity index is 1.79. The first kappa shape index (κ1) is 17.0. The summed E-state index contributed by atoms with van der Waals surface area (Å²) < 4.78 is 5.19. The van der Waals surface area contributed by atoms with Gasteiger partial charge in [-0.2, -0.15) is 0 Å². The van der Waals surface area contributed by atoms with E-state index in [-0.39, 0.29) is 12.0 Å². The molecule has 3 aromatic rings. The van der Waals surface area contributed by atoms with Gasteiger partial charge >= 0.3 is 5.97 Å². The molecule has 0 spiro atoms. The number of ether oxygens (including phenoxy) is 1. The maximum absolute atomic E-state index is 12.3. The van der Waals surface area contributed by atoms with Crippen LogP contribution in [0.2, 0.25) is 0 Å². The van der Waals surface area contributed by atoms with Gasteiger partial charge in [0, 0.05) is 7.05 Å². The van der Waals surface area contributed by atoms with Gasteiger partial charge in [-0.25, -0.2) is 14.8 Å². The summed E-state index contributed by atoms with van der Waals surface area (Å²) in [5.41, 5.74) is 3.67. The highest BCUT2D eigenvalue weighted by Gasteiger charge is 2.29. The minimum absolute atomic E-state index is 0.284. The fourth-order valence-corrected chi connectivity index (χ4v) is 4.83. The Labute approximate surface area is 156 Å². The van der Waals surface area contributed by atoms with Gasteiger partial charge in [0.2, 0.25) is 0 Å². The average molecular weight is 367 g/mol. The summed E-state index contributed by atoms with van der Waals surface area (Å²) in [6.45, 7) is 4.13. The molecule has 0 bridgehead atoms. The van der Waals surface area contributed by atoms with Gasteiger partial charge in [-0.05, 0) is 43.4 Å². The predicted molar refractivity (Wildman–Crippen MR) is 104 cm³/mol. The highest BCUT2D eigenvalue weighted by molar-refractivity contribution is 7.20. The van der Waals surface area contributed by atoms with Crippen molar-refractivity contribution < 1.29 is 9.53 Å². The van der Waals surface area contributed by atoms with E-state index < -0.39 is 0 Å².